The second-order valence-electron chi connectivity index (χ2n) is 9.25. The van der Waals surface area contributed by atoms with Gasteiger partial charge in [-0.1, -0.05) is 13.3 Å². The van der Waals surface area contributed by atoms with Crippen molar-refractivity contribution in [3.63, 3.8) is 0 Å². The number of carbonyl (C=O) groups is 3. The second-order valence-corrected chi connectivity index (χ2v) is 9.25. The van der Waals surface area contributed by atoms with Gasteiger partial charge < -0.3 is 19.5 Å². The number of carbonyl (C=O) groups excluding carboxylic acids is 3. The zero-order valence-electron chi connectivity index (χ0n) is 18.6. The van der Waals surface area contributed by atoms with Crippen molar-refractivity contribution in [1.82, 2.24) is 20.0 Å². The summed E-state index contributed by atoms with van der Waals surface area (Å²) < 4.78 is 5.03. The van der Waals surface area contributed by atoms with Crippen LogP contribution in [0.1, 0.15) is 62.2 Å². The van der Waals surface area contributed by atoms with Gasteiger partial charge in [-0.3, -0.25) is 14.5 Å². The molecule has 170 valence electrons. The molecule has 3 fully saturated rings. The average molecular weight is 431 g/mol. The fourth-order valence-corrected chi connectivity index (χ4v) is 5.66. The number of likely N-dealkylation sites (tertiary alicyclic amines) is 2. The third-order valence-corrected chi connectivity index (χ3v) is 7.45. The van der Waals surface area contributed by atoms with Crippen LogP contribution in [-0.2, 0) is 4.79 Å². The van der Waals surface area contributed by atoms with Crippen LogP contribution in [0.2, 0.25) is 0 Å². The van der Waals surface area contributed by atoms with E-state index in [4.69, 9.17) is 4.42 Å². The van der Waals surface area contributed by atoms with E-state index in [9.17, 15) is 14.4 Å². The van der Waals surface area contributed by atoms with Crippen LogP contribution < -0.4 is 5.32 Å². The average Bonchev–Trinajstić information content (AvgIpc) is 3.49. The first kappa shape index (κ1) is 21.9. The Hall–Kier alpha value is -2.35. The lowest BCUT2D eigenvalue weighted by molar-refractivity contribution is -0.134. The maximum absolute atomic E-state index is 13.6. The van der Waals surface area contributed by atoms with Gasteiger partial charge in [0.25, 0.3) is 11.8 Å². The van der Waals surface area contributed by atoms with Crippen LogP contribution in [0.25, 0.3) is 0 Å². The molecule has 0 aromatic carbocycles. The van der Waals surface area contributed by atoms with Gasteiger partial charge in [0.15, 0.2) is 0 Å². The zero-order chi connectivity index (χ0) is 22.0. The standard InChI is InChI=1S/C23H34N4O4/c1-3-10-23(18-6-12-26(13-7-18)20(28)17-9-15-31-16-17)21(29)27(22(30)24-23)14-8-19-5-4-11-25(19)2/h9,15-16,18-19H,3-8,10-14H2,1-2H3,(H,24,30). The van der Waals surface area contributed by atoms with Crippen molar-refractivity contribution >= 4 is 17.8 Å². The first-order valence-corrected chi connectivity index (χ1v) is 11.6. The van der Waals surface area contributed by atoms with Crippen molar-refractivity contribution in [1.29, 1.82) is 0 Å². The summed E-state index contributed by atoms with van der Waals surface area (Å²) in [6, 6.07) is 1.86. The summed E-state index contributed by atoms with van der Waals surface area (Å²) in [5, 5.41) is 3.10. The molecule has 1 N–H and O–H groups in total. The molecule has 0 bridgehead atoms. The molecule has 8 nitrogen and oxygen atoms in total. The fourth-order valence-electron chi connectivity index (χ4n) is 5.66. The molecule has 4 rings (SSSR count). The summed E-state index contributed by atoms with van der Waals surface area (Å²) in [5.41, 5.74) is -0.284. The minimum absolute atomic E-state index is 0.0384. The molecule has 1 aromatic heterocycles. The number of nitrogens with one attached hydrogen (secondary N) is 1. The van der Waals surface area contributed by atoms with E-state index in [2.05, 4.69) is 24.2 Å². The van der Waals surface area contributed by atoms with E-state index < -0.39 is 5.54 Å². The number of amides is 4. The van der Waals surface area contributed by atoms with Crippen LogP contribution >= 0.6 is 0 Å². The third kappa shape index (κ3) is 4.10. The number of hydrogen-bond acceptors (Lipinski definition) is 5. The van der Waals surface area contributed by atoms with Gasteiger partial charge in [0, 0.05) is 25.7 Å². The number of nitrogens with zero attached hydrogens (tertiary/aromatic N) is 3. The molecule has 4 amide bonds. The van der Waals surface area contributed by atoms with E-state index in [-0.39, 0.29) is 23.8 Å². The zero-order valence-corrected chi connectivity index (χ0v) is 18.6. The van der Waals surface area contributed by atoms with Crippen LogP contribution in [0, 0.1) is 5.92 Å². The van der Waals surface area contributed by atoms with E-state index in [1.54, 1.807) is 6.07 Å². The summed E-state index contributed by atoms with van der Waals surface area (Å²) in [5.74, 6) is -0.0723. The first-order valence-electron chi connectivity index (χ1n) is 11.6. The Morgan fingerprint density at radius 2 is 2.00 bits per heavy atom. The molecule has 8 heteroatoms. The normalized spacial score (nSPS) is 27.9. The Balaban J connectivity index is 1.42. The highest BCUT2D eigenvalue weighted by Gasteiger charge is 2.55. The van der Waals surface area contributed by atoms with Gasteiger partial charge in [0.05, 0.1) is 11.8 Å². The highest BCUT2D eigenvalue weighted by atomic mass is 16.3. The Labute approximate surface area is 183 Å². The van der Waals surface area contributed by atoms with Gasteiger partial charge in [-0.05, 0) is 64.1 Å². The van der Waals surface area contributed by atoms with Gasteiger partial charge in [-0.15, -0.1) is 0 Å². The van der Waals surface area contributed by atoms with Gasteiger partial charge in [0.2, 0.25) is 0 Å². The summed E-state index contributed by atoms with van der Waals surface area (Å²) in [7, 11) is 2.11. The van der Waals surface area contributed by atoms with Crippen LogP contribution in [-0.4, -0.2) is 77.4 Å². The van der Waals surface area contributed by atoms with Crippen molar-refractivity contribution in [2.24, 2.45) is 5.92 Å². The van der Waals surface area contributed by atoms with E-state index in [1.807, 2.05) is 4.90 Å². The smallest absolute Gasteiger partial charge is 0.325 e. The second kappa shape index (κ2) is 9.02. The minimum atomic E-state index is -0.835. The van der Waals surface area contributed by atoms with E-state index in [0.29, 0.717) is 50.5 Å². The topological polar surface area (TPSA) is 86.1 Å². The molecule has 3 saturated heterocycles. The molecule has 0 saturated carbocycles. The molecule has 0 radical (unpaired) electrons. The number of piperidine rings is 1. The van der Waals surface area contributed by atoms with Crippen molar-refractivity contribution in [2.45, 2.75) is 63.5 Å². The van der Waals surface area contributed by atoms with E-state index >= 15 is 0 Å². The first-order chi connectivity index (χ1) is 15.0. The van der Waals surface area contributed by atoms with Gasteiger partial charge in [-0.25, -0.2) is 4.79 Å². The van der Waals surface area contributed by atoms with Crippen molar-refractivity contribution in [3.8, 4) is 0 Å². The van der Waals surface area contributed by atoms with E-state index in [1.165, 1.54) is 23.8 Å². The van der Waals surface area contributed by atoms with Gasteiger partial charge in [0.1, 0.15) is 11.8 Å². The molecule has 2 atom stereocenters. The van der Waals surface area contributed by atoms with Crippen LogP contribution in [0.15, 0.2) is 23.0 Å². The summed E-state index contributed by atoms with van der Waals surface area (Å²) >= 11 is 0. The summed E-state index contributed by atoms with van der Waals surface area (Å²) in [6.07, 6.45) is 8.96. The predicted octanol–water partition coefficient (Wildman–Crippen LogP) is 2.71. The monoisotopic (exact) mass is 430 g/mol. The number of hydrogen-bond donors (Lipinski definition) is 1. The van der Waals surface area contributed by atoms with E-state index in [0.717, 1.165) is 25.8 Å². The quantitative estimate of drug-likeness (QED) is 0.672. The maximum Gasteiger partial charge on any atom is 0.325 e. The maximum atomic E-state index is 13.6. The lowest BCUT2D eigenvalue weighted by atomic mass is 9.74. The summed E-state index contributed by atoms with van der Waals surface area (Å²) in [4.78, 5) is 44.6. The number of urea groups is 1. The molecule has 31 heavy (non-hydrogen) atoms. The van der Waals surface area contributed by atoms with Gasteiger partial charge >= 0.3 is 6.03 Å². The number of furan rings is 1. The van der Waals surface area contributed by atoms with Gasteiger partial charge in [-0.2, -0.15) is 0 Å². The highest BCUT2D eigenvalue weighted by Crippen LogP contribution is 2.37. The summed E-state index contributed by atoms with van der Waals surface area (Å²) in [6.45, 7) is 4.77. The lowest BCUT2D eigenvalue weighted by Gasteiger charge is -2.40. The molecule has 3 aliphatic heterocycles. The molecule has 4 heterocycles. The van der Waals surface area contributed by atoms with Crippen molar-refractivity contribution in [3.05, 3.63) is 24.2 Å². The lowest BCUT2D eigenvalue weighted by Crippen LogP contribution is -2.56. The van der Waals surface area contributed by atoms with Crippen molar-refractivity contribution < 1.29 is 18.8 Å². The largest absolute Gasteiger partial charge is 0.472 e. The number of imide groups is 1. The predicted molar refractivity (Wildman–Crippen MR) is 115 cm³/mol. The van der Waals surface area contributed by atoms with Crippen LogP contribution in [0.4, 0.5) is 4.79 Å². The fraction of sp³-hybridized carbons (Fsp3) is 0.696. The Morgan fingerprint density at radius 1 is 1.23 bits per heavy atom. The Kier molecular flexibility index (Phi) is 6.36. The molecular weight excluding hydrogens is 396 g/mol. The van der Waals surface area contributed by atoms with Crippen LogP contribution in [0.3, 0.4) is 0 Å². The molecule has 1 aromatic rings. The highest BCUT2D eigenvalue weighted by molar-refractivity contribution is 6.07. The molecule has 0 aliphatic carbocycles. The molecular formula is C23H34N4O4. The number of rotatable bonds is 7. The third-order valence-electron chi connectivity index (χ3n) is 7.45. The van der Waals surface area contributed by atoms with Crippen molar-refractivity contribution in [2.75, 3.05) is 33.2 Å². The molecule has 3 aliphatic rings. The minimum Gasteiger partial charge on any atom is -0.472 e. The van der Waals surface area contributed by atoms with Crippen LogP contribution in [0.5, 0.6) is 0 Å². The molecule has 2 unspecified atom stereocenters. The Morgan fingerprint density at radius 3 is 2.61 bits per heavy atom. The Bertz CT molecular complexity index is 803. The molecule has 0 spiro atoms. The SMILES string of the molecule is CCCC1(C2CCN(C(=O)c3ccoc3)CC2)NC(=O)N(CCC2CCCN2C)C1=O.